The Kier molecular flexibility index (Phi) is 4.61. The third kappa shape index (κ3) is 3.10. The van der Waals surface area contributed by atoms with Gasteiger partial charge in [0.15, 0.2) is 0 Å². The molecular weight excluding hydrogens is 299 g/mol. The highest BCUT2D eigenvalue weighted by molar-refractivity contribution is 6.40. The van der Waals surface area contributed by atoms with E-state index in [9.17, 15) is 9.59 Å². The van der Waals surface area contributed by atoms with Gasteiger partial charge in [0.05, 0.1) is 27.0 Å². The summed E-state index contributed by atoms with van der Waals surface area (Å²) in [6, 6.07) is 11.5. The van der Waals surface area contributed by atoms with Crippen LogP contribution in [0, 0.1) is 0 Å². The minimum atomic E-state index is -0.412. The average Bonchev–Trinajstić information content (AvgIpc) is 2.44. The Balaban J connectivity index is 2.31. The Bertz CT molecular complexity index is 639. The van der Waals surface area contributed by atoms with Crippen molar-refractivity contribution in [2.75, 3.05) is 10.6 Å². The van der Waals surface area contributed by atoms with E-state index >= 15 is 0 Å². The van der Waals surface area contributed by atoms with E-state index in [1.807, 2.05) is 0 Å². The SMILES string of the molecule is O=CNc1ccccc1C(=O)Nc1c(Cl)cccc1Cl. The summed E-state index contributed by atoms with van der Waals surface area (Å²) in [5, 5.41) is 5.78. The molecule has 2 aromatic rings. The normalized spacial score (nSPS) is 9.90. The zero-order chi connectivity index (χ0) is 14.5. The summed E-state index contributed by atoms with van der Waals surface area (Å²) in [6.07, 6.45) is 0.509. The van der Waals surface area contributed by atoms with E-state index in [1.54, 1.807) is 42.5 Å². The van der Waals surface area contributed by atoms with Crippen molar-refractivity contribution in [3.05, 3.63) is 58.1 Å². The summed E-state index contributed by atoms with van der Waals surface area (Å²) in [4.78, 5) is 22.8. The van der Waals surface area contributed by atoms with Gasteiger partial charge in [-0.25, -0.2) is 0 Å². The summed E-state index contributed by atoms with van der Waals surface area (Å²) >= 11 is 12.0. The van der Waals surface area contributed by atoms with E-state index in [2.05, 4.69) is 10.6 Å². The van der Waals surface area contributed by atoms with Gasteiger partial charge in [-0.3, -0.25) is 9.59 Å². The van der Waals surface area contributed by atoms with Crippen molar-refractivity contribution in [1.29, 1.82) is 0 Å². The third-order valence-electron chi connectivity index (χ3n) is 2.59. The lowest BCUT2D eigenvalue weighted by Crippen LogP contribution is -2.15. The molecule has 4 nitrogen and oxygen atoms in total. The van der Waals surface area contributed by atoms with Crippen LogP contribution in [-0.2, 0) is 4.79 Å². The summed E-state index contributed by atoms with van der Waals surface area (Å²) < 4.78 is 0. The number of para-hydroxylation sites is 2. The molecule has 6 heteroatoms. The molecule has 102 valence electrons. The molecule has 0 aromatic heterocycles. The lowest BCUT2D eigenvalue weighted by Gasteiger charge is -2.11. The van der Waals surface area contributed by atoms with Crippen molar-refractivity contribution in [2.24, 2.45) is 0 Å². The van der Waals surface area contributed by atoms with Gasteiger partial charge in [-0.1, -0.05) is 41.4 Å². The summed E-state index contributed by atoms with van der Waals surface area (Å²) in [6.45, 7) is 0. The van der Waals surface area contributed by atoms with Gasteiger partial charge < -0.3 is 10.6 Å². The monoisotopic (exact) mass is 308 g/mol. The van der Waals surface area contributed by atoms with E-state index in [1.165, 1.54) is 0 Å². The van der Waals surface area contributed by atoms with Crippen LogP contribution < -0.4 is 10.6 Å². The minimum Gasteiger partial charge on any atom is -0.328 e. The van der Waals surface area contributed by atoms with Crippen molar-refractivity contribution in [2.45, 2.75) is 0 Å². The van der Waals surface area contributed by atoms with Gasteiger partial charge in [0.2, 0.25) is 6.41 Å². The van der Waals surface area contributed by atoms with Gasteiger partial charge in [-0.2, -0.15) is 0 Å². The highest BCUT2D eigenvalue weighted by atomic mass is 35.5. The molecule has 2 N–H and O–H groups in total. The first-order valence-electron chi connectivity index (χ1n) is 5.68. The predicted molar refractivity (Wildman–Crippen MR) is 80.5 cm³/mol. The zero-order valence-electron chi connectivity index (χ0n) is 10.2. The highest BCUT2D eigenvalue weighted by Gasteiger charge is 2.14. The molecule has 2 rings (SSSR count). The molecule has 0 fully saturated rings. The third-order valence-corrected chi connectivity index (χ3v) is 3.22. The molecule has 0 saturated carbocycles. The predicted octanol–water partition coefficient (Wildman–Crippen LogP) is 3.81. The highest BCUT2D eigenvalue weighted by Crippen LogP contribution is 2.30. The standard InChI is InChI=1S/C14H10Cl2N2O2/c15-10-5-3-6-11(16)13(10)18-14(20)9-4-1-2-7-12(9)17-8-19/h1-8H,(H,17,19)(H,18,20). The van der Waals surface area contributed by atoms with Gasteiger partial charge in [-0.05, 0) is 24.3 Å². The Morgan fingerprint density at radius 3 is 2.30 bits per heavy atom. The molecule has 2 amide bonds. The molecule has 0 saturated heterocycles. The van der Waals surface area contributed by atoms with Gasteiger partial charge in [0.25, 0.3) is 5.91 Å². The second-order valence-electron chi connectivity index (χ2n) is 3.86. The number of amides is 2. The van der Waals surface area contributed by atoms with Crippen LogP contribution in [-0.4, -0.2) is 12.3 Å². The van der Waals surface area contributed by atoms with Crippen LogP contribution in [0.3, 0.4) is 0 Å². The molecule has 0 unspecified atom stereocenters. The Hall–Kier alpha value is -2.04. The quantitative estimate of drug-likeness (QED) is 0.844. The number of halogens is 2. The van der Waals surface area contributed by atoms with Crippen LogP contribution in [0.1, 0.15) is 10.4 Å². The van der Waals surface area contributed by atoms with Crippen LogP contribution in [0.2, 0.25) is 10.0 Å². The fraction of sp³-hybridized carbons (Fsp3) is 0. The van der Waals surface area contributed by atoms with Crippen LogP contribution in [0.4, 0.5) is 11.4 Å². The van der Waals surface area contributed by atoms with Crippen LogP contribution in [0.15, 0.2) is 42.5 Å². The number of anilines is 2. The Morgan fingerprint density at radius 2 is 1.65 bits per heavy atom. The first-order valence-corrected chi connectivity index (χ1v) is 6.43. The van der Waals surface area contributed by atoms with E-state index in [4.69, 9.17) is 23.2 Å². The molecule has 2 aromatic carbocycles. The van der Waals surface area contributed by atoms with Crippen molar-refractivity contribution < 1.29 is 9.59 Å². The molecule has 0 aliphatic carbocycles. The molecule has 0 atom stereocenters. The fourth-order valence-corrected chi connectivity index (χ4v) is 2.16. The van der Waals surface area contributed by atoms with Gasteiger partial charge in [-0.15, -0.1) is 0 Å². The number of hydrogen-bond donors (Lipinski definition) is 2. The molecule has 0 aliphatic heterocycles. The smallest absolute Gasteiger partial charge is 0.257 e. The lowest BCUT2D eigenvalue weighted by atomic mass is 10.1. The topological polar surface area (TPSA) is 58.2 Å². The van der Waals surface area contributed by atoms with Gasteiger partial charge >= 0.3 is 0 Å². The second kappa shape index (κ2) is 6.41. The number of rotatable bonds is 4. The summed E-state index contributed by atoms with van der Waals surface area (Å²) in [5.41, 5.74) is 1.06. The van der Waals surface area contributed by atoms with E-state index in [0.29, 0.717) is 33.4 Å². The summed E-state index contributed by atoms with van der Waals surface area (Å²) in [7, 11) is 0. The number of carbonyl (C=O) groups is 2. The lowest BCUT2D eigenvalue weighted by molar-refractivity contribution is -0.105. The Labute approximate surface area is 125 Å². The van der Waals surface area contributed by atoms with Crippen molar-refractivity contribution in [3.63, 3.8) is 0 Å². The van der Waals surface area contributed by atoms with Gasteiger partial charge in [0, 0.05) is 0 Å². The van der Waals surface area contributed by atoms with Crippen LogP contribution in [0.5, 0.6) is 0 Å². The fourth-order valence-electron chi connectivity index (χ4n) is 1.67. The number of nitrogens with one attached hydrogen (secondary N) is 2. The number of benzene rings is 2. The maximum atomic E-state index is 12.2. The molecule has 0 heterocycles. The van der Waals surface area contributed by atoms with Crippen molar-refractivity contribution in [3.8, 4) is 0 Å². The van der Waals surface area contributed by atoms with Crippen LogP contribution >= 0.6 is 23.2 Å². The first-order chi connectivity index (χ1) is 9.63. The van der Waals surface area contributed by atoms with Crippen molar-refractivity contribution >= 4 is 46.9 Å². The second-order valence-corrected chi connectivity index (χ2v) is 4.67. The van der Waals surface area contributed by atoms with E-state index in [0.717, 1.165) is 0 Å². The molecule has 0 spiro atoms. The number of hydrogen-bond acceptors (Lipinski definition) is 2. The average molecular weight is 309 g/mol. The van der Waals surface area contributed by atoms with E-state index < -0.39 is 5.91 Å². The van der Waals surface area contributed by atoms with Crippen LogP contribution in [0.25, 0.3) is 0 Å². The minimum absolute atomic E-state index is 0.315. The largest absolute Gasteiger partial charge is 0.328 e. The summed E-state index contributed by atoms with van der Waals surface area (Å²) in [5.74, 6) is -0.412. The molecule has 0 bridgehead atoms. The number of carbonyl (C=O) groups excluding carboxylic acids is 2. The molecule has 20 heavy (non-hydrogen) atoms. The van der Waals surface area contributed by atoms with Crippen molar-refractivity contribution in [1.82, 2.24) is 0 Å². The maximum absolute atomic E-state index is 12.2. The zero-order valence-corrected chi connectivity index (χ0v) is 11.7. The first kappa shape index (κ1) is 14.4. The molecular formula is C14H10Cl2N2O2. The van der Waals surface area contributed by atoms with Gasteiger partial charge in [0.1, 0.15) is 0 Å². The van der Waals surface area contributed by atoms with E-state index in [-0.39, 0.29) is 0 Å². The Morgan fingerprint density at radius 1 is 1.00 bits per heavy atom. The molecule has 0 radical (unpaired) electrons. The molecule has 0 aliphatic rings. The maximum Gasteiger partial charge on any atom is 0.257 e.